The van der Waals surface area contributed by atoms with Crippen molar-refractivity contribution in [3.05, 3.63) is 0 Å². The minimum Gasteiger partial charge on any atom is -0.480 e. The Morgan fingerprint density at radius 2 is 2.00 bits per heavy atom. The molecule has 1 N–H and O–H groups in total. The van der Waals surface area contributed by atoms with Crippen molar-refractivity contribution in [1.29, 1.82) is 0 Å². The minimum absolute atomic E-state index is 0.308. The predicted molar refractivity (Wildman–Crippen MR) is 58.4 cm³/mol. The van der Waals surface area contributed by atoms with Crippen molar-refractivity contribution in [2.45, 2.75) is 46.1 Å². The summed E-state index contributed by atoms with van der Waals surface area (Å²) >= 11 is 0. The molecule has 0 amide bonds. The highest BCUT2D eigenvalue weighted by Crippen LogP contribution is 2.09. The van der Waals surface area contributed by atoms with Gasteiger partial charge in [0.15, 0.2) is 0 Å². The zero-order valence-electron chi connectivity index (χ0n) is 9.79. The lowest BCUT2D eigenvalue weighted by Gasteiger charge is -2.26. The molecule has 0 aromatic rings. The minimum atomic E-state index is -0.693. The van der Waals surface area contributed by atoms with Crippen molar-refractivity contribution >= 4 is 5.97 Å². The van der Waals surface area contributed by atoms with E-state index in [-0.39, 0.29) is 6.04 Å². The SMILES string of the molecule is CCCCC(C(=O)O)N(C)CC(C)C. The van der Waals surface area contributed by atoms with Crippen LogP contribution in [0.15, 0.2) is 0 Å². The number of nitrogens with zero attached hydrogens (tertiary/aromatic N) is 1. The van der Waals surface area contributed by atoms with Crippen LogP contribution in [-0.2, 0) is 4.79 Å². The second kappa shape index (κ2) is 6.82. The third-order valence-corrected chi connectivity index (χ3v) is 2.30. The summed E-state index contributed by atoms with van der Waals surface area (Å²) in [4.78, 5) is 12.9. The Hall–Kier alpha value is -0.570. The number of carboxylic acids is 1. The second-order valence-electron chi connectivity index (χ2n) is 4.33. The first-order chi connectivity index (χ1) is 6.49. The van der Waals surface area contributed by atoms with Gasteiger partial charge < -0.3 is 5.11 Å². The van der Waals surface area contributed by atoms with Crippen LogP contribution in [0.3, 0.4) is 0 Å². The summed E-state index contributed by atoms with van der Waals surface area (Å²) in [6, 6.07) is -0.308. The summed E-state index contributed by atoms with van der Waals surface area (Å²) in [6.07, 6.45) is 2.80. The van der Waals surface area contributed by atoms with Gasteiger partial charge in [-0.25, -0.2) is 0 Å². The summed E-state index contributed by atoms with van der Waals surface area (Å²) in [5.74, 6) is -0.176. The molecule has 1 unspecified atom stereocenters. The Balaban J connectivity index is 4.11. The van der Waals surface area contributed by atoms with Crippen molar-refractivity contribution in [1.82, 2.24) is 4.90 Å². The van der Waals surface area contributed by atoms with E-state index in [1.807, 2.05) is 11.9 Å². The van der Waals surface area contributed by atoms with E-state index >= 15 is 0 Å². The number of hydrogen-bond donors (Lipinski definition) is 1. The molecule has 0 aliphatic carbocycles. The molecule has 0 aliphatic rings. The molecule has 0 bridgehead atoms. The molecule has 1 atom stereocenters. The first-order valence-electron chi connectivity index (χ1n) is 5.42. The summed E-state index contributed by atoms with van der Waals surface area (Å²) in [5.41, 5.74) is 0. The molecule has 0 heterocycles. The van der Waals surface area contributed by atoms with Gasteiger partial charge in [-0.15, -0.1) is 0 Å². The molecule has 0 saturated carbocycles. The van der Waals surface area contributed by atoms with E-state index < -0.39 is 5.97 Å². The summed E-state index contributed by atoms with van der Waals surface area (Å²) in [7, 11) is 1.90. The Labute approximate surface area is 87.1 Å². The highest BCUT2D eigenvalue weighted by Gasteiger charge is 2.21. The van der Waals surface area contributed by atoms with E-state index in [2.05, 4.69) is 20.8 Å². The van der Waals surface area contributed by atoms with Crippen molar-refractivity contribution < 1.29 is 9.90 Å². The van der Waals surface area contributed by atoms with Gasteiger partial charge in [0.2, 0.25) is 0 Å². The van der Waals surface area contributed by atoms with Gasteiger partial charge in [0.1, 0.15) is 6.04 Å². The zero-order chi connectivity index (χ0) is 11.1. The Morgan fingerprint density at radius 3 is 2.36 bits per heavy atom. The smallest absolute Gasteiger partial charge is 0.320 e. The van der Waals surface area contributed by atoms with E-state index in [1.54, 1.807) is 0 Å². The first kappa shape index (κ1) is 13.4. The van der Waals surface area contributed by atoms with Crippen LogP contribution in [0.1, 0.15) is 40.0 Å². The van der Waals surface area contributed by atoms with Crippen molar-refractivity contribution in [2.75, 3.05) is 13.6 Å². The van der Waals surface area contributed by atoms with Crippen LogP contribution in [0.25, 0.3) is 0 Å². The molecule has 14 heavy (non-hydrogen) atoms. The van der Waals surface area contributed by atoms with Crippen molar-refractivity contribution in [3.8, 4) is 0 Å². The third-order valence-electron chi connectivity index (χ3n) is 2.30. The summed E-state index contributed by atoms with van der Waals surface area (Å²) in [5, 5.41) is 9.04. The number of likely N-dealkylation sites (N-methyl/N-ethyl adjacent to an activating group) is 1. The van der Waals surface area contributed by atoms with Crippen molar-refractivity contribution in [2.24, 2.45) is 5.92 Å². The lowest BCUT2D eigenvalue weighted by Crippen LogP contribution is -2.40. The molecule has 3 heteroatoms. The molecule has 0 aliphatic heterocycles. The van der Waals surface area contributed by atoms with Crippen LogP contribution in [0, 0.1) is 5.92 Å². The average molecular weight is 201 g/mol. The standard InChI is InChI=1S/C11H23NO2/c1-5-6-7-10(11(13)14)12(4)8-9(2)3/h9-10H,5-8H2,1-4H3,(H,13,14). The fraction of sp³-hybridized carbons (Fsp3) is 0.909. The van der Waals surface area contributed by atoms with Crippen LogP contribution >= 0.6 is 0 Å². The van der Waals surface area contributed by atoms with Crippen LogP contribution in [-0.4, -0.2) is 35.6 Å². The first-order valence-corrected chi connectivity index (χ1v) is 5.42. The third kappa shape index (κ3) is 5.22. The van der Waals surface area contributed by atoms with E-state index in [4.69, 9.17) is 5.11 Å². The molecule has 0 fully saturated rings. The average Bonchev–Trinajstić information content (AvgIpc) is 2.02. The molecule has 0 spiro atoms. The molecular formula is C11H23NO2. The Bertz CT molecular complexity index is 169. The van der Waals surface area contributed by atoms with Gasteiger partial charge in [0.05, 0.1) is 0 Å². The van der Waals surface area contributed by atoms with Gasteiger partial charge in [-0.3, -0.25) is 9.69 Å². The number of aliphatic carboxylic acids is 1. The molecule has 0 aromatic carbocycles. The maximum Gasteiger partial charge on any atom is 0.320 e. The zero-order valence-corrected chi connectivity index (χ0v) is 9.79. The Morgan fingerprint density at radius 1 is 1.43 bits per heavy atom. The Kier molecular flexibility index (Phi) is 6.54. The van der Waals surface area contributed by atoms with E-state index in [1.165, 1.54) is 0 Å². The molecular weight excluding hydrogens is 178 g/mol. The maximum atomic E-state index is 11.0. The molecule has 84 valence electrons. The van der Waals surface area contributed by atoms with Gasteiger partial charge in [-0.2, -0.15) is 0 Å². The number of rotatable bonds is 7. The van der Waals surface area contributed by atoms with Crippen molar-refractivity contribution in [3.63, 3.8) is 0 Å². The highest BCUT2D eigenvalue weighted by molar-refractivity contribution is 5.73. The fourth-order valence-corrected chi connectivity index (χ4v) is 1.63. The number of unbranched alkanes of at least 4 members (excludes halogenated alkanes) is 1. The van der Waals surface area contributed by atoms with Crippen LogP contribution in [0.4, 0.5) is 0 Å². The van der Waals surface area contributed by atoms with Gasteiger partial charge >= 0.3 is 5.97 Å². The van der Waals surface area contributed by atoms with E-state index in [0.29, 0.717) is 5.92 Å². The quantitative estimate of drug-likeness (QED) is 0.686. The van der Waals surface area contributed by atoms with E-state index in [9.17, 15) is 4.79 Å². The van der Waals surface area contributed by atoms with Crippen LogP contribution in [0.2, 0.25) is 0 Å². The van der Waals surface area contributed by atoms with E-state index in [0.717, 1.165) is 25.8 Å². The normalized spacial score (nSPS) is 13.6. The molecule has 0 rings (SSSR count). The molecule has 0 saturated heterocycles. The number of hydrogen-bond acceptors (Lipinski definition) is 2. The topological polar surface area (TPSA) is 40.5 Å². The maximum absolute atomic E-state index is 11.0. The lowest BCUT2D eigenvalue weighted by atomic mass is 10.1. The molecule has 0 aromatic heterocycles. The second-order valence-corrected chi connectivity index (χ2v) is 4.33. The van der Waals surface area contributed by atoms with Crippen LogP contribution in [0.5, 0.6) is 0 Å². The molecule has 3 nitrogen and oxygen atoms in total. The van der Waals surface area contributed by atoms with Gasteiger partial charge in [-0.05, 0) is 19.4 Å². The number of carboxylic acid groups (broad SMARTS) is 1. The summed E-state index contributed by atoms with van der Waals surface area (Å²) in [6.45, 7) is 7.15. The van der Waals surface area contributed by atoms with Crippen LogP contribution < -0.4 is 0 Å². The van der Waals surface area contributed by atoms with Gasteiger partial charge in [0, 0.05) is 6.54 Å². The fourth-order valence-electron chi connectivity index (χ4n) is 1.63. The number of carbonyl (C=O) groups is 1. The lowest BCUT2D eigenvalue weighted by molar-refractivity contribution is -0.143. The predicted octanol–water partition coefficient (Wildman–Crippen LogP) is 2.22. The highest BCUT2D eigenvalue weighted by atomic mass is 16.4. The molecule has 0 radical (unpaired) electrons. The van der Waals surface area contributed by atoms with Gasteiger partial charge in [0.25, 0.3) is 0 Å². The monoisotopic (exact) mass is 201 g/mol. The van der Waals surface area contributed by atoms with Gasteiger partial charge in [-0.1, -0.05) is 33.6 Å². The summed E-state index contributed by atoms with van der Waals surface area (Å²) < 4.78 is 0. The largest absolute Gasteiger partial charge is 0.480 e.